The van der Waals surface area contributed by atoms with E-state index in [0.717, 1.165) is 16.1 Å². The minimum atomic E-state index is -0.148. The maximum absolute atomic E-state index is 12.4. The van der Waals surface area contributed by atoms with Crippen LogP contribution in [-0.4, -0.2) is 25.7 Å². The topological polar surface area (TPSA) is 72.2 Å². The Kier molecular flexibility index (Phi) is 4.34. The average molecular weight is 397 g/mol. The lowest BCUT2D eigenvalue weighted by molar-refractivity contribution is 0.102. The van der Waals surface area contributed by atoms with Crippen molar-refractivity contribution in [1.82, 2.24) is 19.8 Å². The summed E-state index contributed by atoms with van der Waals surface area (Å²) in [7, 11) is 0. The van der Waals surface area contributed by atoms with Crippen LogP contribution in [0.4, 0.5) is 5.69 Å². The van der Waals surface area contributed by atoms with Crippen molar-refractivity contribution >= 4 is 28.6 Å². The van der Waals surface area contributed by atoms with Gasteiger partial charge >= 0.3 is 0 Å². The second-order valence-electron chi connectivity index (χ2n) is 6.39. The Balaban J connectivity index is 1.48. The molecule has 5 aromatic rings. The number of hydrogen-bond acceptors (Lipinski definition) is 5. The largest absolute Gasteiger partial charge is 0.322 e. The summed E-state index contributed by atoms with van der Waals surface area (Å²) >= 11 is 1.59. The van der Waals surface area contributed by atoms with Crippen molar-refractivity contribution in [1.29, 1.82) is 0 Å². The second kappa shape index (κ2) is 7.29. The van der Waals surface area contributed by atoms with Gasteiger partial charge in [0.05, 0.1) is 10.6 Å². The number of nitrogens with zero attached hydrogens (tertiary/aromatic N) is 4. The number of nitrogens with one attached hydrogen (secondary N) is 1. The van der Waals surface area contributed by atoms with E-state index in [2.05, 4.69) is 15.5 Å². The van der Waals surface area contributed by atoms with Crippen molar-refractivity contribution in [2.45, 2.75) is 0 Å². The van der Waals surface area contributed by atoms with Gasteiger partial charge in [0.25, 0.3) is 5.91 Å². The Bertz CT molecular complexity index is 1300. The van der Waals surface area contributed by atoms with Gasteiger partial charge in [0, 0.05) is 16.8 Å². The molecule has 3 heterocycles. The maximum atomic E-state index is 12.4. The van der Waals surface area contributed by atoms with E-state index < -0.39 is 0 Å². The van der Waals surface area contributed by atoms with Crippen molar-refractivity contribution in [3.8, 4) is 22.0 Å². The number of fused-ring (bicyclic) bond motifs is 1. The molecule has 0 saturated carbocycles. The van der Waals surface area contributed by atoms with E-state index in [1.54, 1.807) is 28.0 Å². The van der Waals surface area contributed by atoms with E-state index in [-0.39, 0.29) is 5.91 Å². The molecule has 7 heteroatoms. The first kappa shape index (κ1) is 17.3. The molecule has 3 aromatic heterocycles. The lowest BCUT2D eigenvalue weighted by Gasteiger charge is -2.08. The summed E-state index contributed by atoms with van der Waals surface area (Å²) in [5, 5.41) is 18.1. The average Bonchev–Trinajstić information content (AvgIpc) is 3.43. The highest BCUT2D eigenvalue weighted by Gasteiger charge is 2.12. The predicted molar refractivity (Wildman–Crippen MR) is 114 cm³/mol. The number of aromatic nitrogens is 4. The fraction of sp³-hybridized carbons (Fsp3) is 0. The van der Waals surface area contributed by atoms with Crippen LogP contribution in [-0.2, 0) is 0 Å². The van der Waals surface area contributed by atoms with Gasteiger partial charge in [0.15, 0.2) is 11.5 Å². The molecule has 1 amide bonds. The van der Waals surface area contributed by atoms with Gasteiger partial charge in [-0.1, -0.05) is 36.4 Å². The molecule has 140 valence electrons. The zero-order chi connectivity index (χ0) is 19.6. The van der Waals surface area contributed by atoms with Crippen molar-refractivity contribution in [3.63, 3.8) is 0 Å². The van der Waals surface area contributed by atoms with Gasteiger partial charge in [-0.3, -0.25) is 4.79 Å². The van der Waals surface area contributed by atoms with Gasteiger partial charge in [-0.05, 0) is 47.8 Å². The maximum Gasteiger partial charge on any atom is 0.255 e. The fourth-order valence-electron chi connectivity index (χ4n) is 3.05. The molecule has 0 atom stereocenters. The van der Waals surface area contributed by atoms with Crippen LogP contribution in [0, 0.1) is 0 Å². The normalized spacial score (nSPS) is 10.9. The third kappa shape index (κ3) is 3.39. The van der Waals surface area contributed by atoms with Crippen LogP contribution < -0.4 is 5.32 Å². The number of benzene rings is 2. The molecule has 0 unspecified atom stereocenters. The number of thiophene rings is 1. The number of carbonyl (C=O) groups excluding carboxylic acids is 1. The van der Waals surface area contributed by atoms with Gasteiger partial charge in [-0.2, -0.15) is 9.61 Å². The Hall–Kier alpha value is -3.84. The Labute approximate surface area is 170 Å². The fourth-order valence-corrected chi connectivity index (χ4v) is 3.74. The van der Waals surface area contributed by atoms with Crippen molar-refractivity contribution < 1.29 is 4.79 Å². The lowest BCUT2D eigenvalue weighted by Crippen LogP contribution is -2.11. The van der Waals surface area contributed by atoms with E-state index in [4.69, 9.17) is 5.10 Å². The van der Waals surface area contributed by atoms with Gasteiger partial charge in [-0.25, -0.2) is 0 Å². The number of anilines is 1. The summed E-state index contributed by atoms with van der Waals surface area (Å²) in [6.07, 6.45) is 0. The van der Waals surface area contributed by atoms with Crippen molar-refractivity contribution in [2.24, 2.45) is 0 Å². The van der Waals surface area contributed by atoms with Crippen LogP contribution in [0.25, 0.3) is 27.6 Å². The highest BCUT2D eigenvalue weighted by Crippen LogP contribution is 2.25. The summed E-state index contributed by atoms with van der Waals surface area (Å²) in [6, 6.07) is 24.5. The molecule has 5 rings (SSSR count). The number of carbonyl (C=O) groups is 1. The minimum absolute atomic E-state index is 0.148. The Morgan fingerprint density at radius 2 is 1.79 bits per heavy atom. The molecule has 29 heavy (non-hydrogen) atoms. The van der Waals surface area contributed by atoms with E-state index >= 15 is 0 Å². The Morgan fingerprint density at radius 1 is 0.897 bits per heavy atom. The number of amides is 1. The van der Waals surface area contributed by atoms with Crippen LogP contribution >= 0.6 is 11.3 Å². The molecule has 0 aliphatic heterocycles. The van der Waals surface area contributed by atoms with Crippen LogP contribution in [0.5, 0.6) is 0 Å². The summed E-state index contributed by atoms with van der Waals surface area (Å²) < 4.78 is 1.75. The molecule has 1 N–H and O–H groups in total. The molecule has 0 spiro atoms. The zero-order valence-electron chi connectivity index (χ0n) is 15.2. The molecule has 0 radical (unpaired) electrons. The molecular formula is C22H15N5OS. The van der Waals surface area contributed by atoms with Crippen molar-refractivity contribution in [2.75, 3.05) is 5.32 Å². The number of rotatable bonds is 4. The third-order valence-corrected chi connectivity index (χ3v) is 5.32. The van der Waals surface area contributed by atoms with Gasteiger partial charge in [-0.15, -0.1) is 21.5 Å². The first-order chi connectivity index (χ1) is 14.3. The summed E-state index contributed by atoms with van der Waals surface area (Å²) in [4.78, 5) is 13.4. The highest BCUT2D eigenvalue weighted by molar-refractivity contribution is 7.13. The van der Waals surface area contributed by atoms with Crippen LogP contribution in [0.15, 0.2) is 84.2 Å². The standard InChI is InChI=1S/C22H15N5OS/c28-22(15-6-2-1-3-7-15)23-17-9-4-8-16(14-17)18-11-12-20-24-25-21(27(20)26-18)19-10-5-13-29-19/h1-14H,(H,23,28). The van der Waals surface area contributed by atoms with Crippen LogP contribution in [0.3, 0.4) is 0 Å². The monoisotopic (exact) mass is 397 g/mol. The Morgan fingerprint density at radius 3 is 2.62 bits per heavy atom. The smallest absolute Gasteiger partial charge is 0.255 e. The lowest BCUT2D eigenvalue weighted by atomic mass is 10.1. The first-order valence-electron chi connectivity index (χ1n) is 9.01. The van der Waals surface area contributed by atoms with Gasteiger partial charge in [0.2, 0.25) is 0 Å². The predicted octanol–water partition coefficient (Wildman–Crippen LogP) is 4.77. The molecule has 2 aromatic carbocycles. The summed E-state index contributed by atoms with van der Waals surface area (Å²) in [6.45, 7) is 0. The molecule has 0 aliphatic rings. The minimum Gasteiger partial charge on any atom is -0.322 e. The molecule has 0 fully saturated rings. The quantitative estimate of drug-likeness (QED) is 0.474. The molecule has 0 aliphatic carbocycles. The van der Waals surface area contributed by atoms with E-state index in [1.807, 2.05) is 72.1 Å². The molecule has 6 nitrogen and oxygen atoms in total. The summed E-state index contributed by atoms with van der Waals surface area (Å²) in [5.74, 6) is 0.565. The summed E-state index contributed by atoms with van der Waals surface area (Å²) in [5.41, 5.74) is 3.67. The zero-order valence-corrected chi connectivity index (χ0v) is 16.0. The molecule has 0 bridgehead atoms. The van der Waals surface area contributed by atoms with Crippen LogP contribution in [0.2, 0.25) is 0 Å². The van der Waals surface area contributed by atoms with Gasteiger partial charge < -0.3 is 5.32 Å². The van der Waals surface area contributed by atoms with Gasteiger partial charge in [0.1, 0.15) is 0 Å². The highest BCUT2D eigenvalue weighted by atomic mass is 32.1. The van der Waals surface area contributed by atoms with Crippen LogP contribution in [0.1, 0.15) is 10.4 Å². The number of hydrogen-bond donors (Lipinski definition) is 1. The third-order valence-electron chi connectivity index (χ3n) is 4.46. The SMILES string of the molecule is O=C(Nc1cccc(-c2ccc3nnc(-c4cccs4)n3n2)c1)c1ccccc1. The van der Waals surface area contributed by atoms with E-state index in [1.165, 1.54) is 0 Å². The first-order valence-corrected chi connectivity index (χ1v) is 9.89. The van der Waals surface area contributed by atoms with E-state index in [9.17, 15) is 4.79 Å². The molecule has 0 saturated heterocycles. The molecular weight excluding hydrogens is 382 g/mol. The van der Waals surface area contributed by atoms with E-state index in [0.29, 0.717) is 22.7 Å². The second-order valence-corrected chi connectivity index (χ2v) is 7.34. The van der Waals surface area contributed by atoms with Crippen molar-refractivity contribution in [3.05, 3.63) is 89.8 Å².